The number of aryl methyl sites for hydroxylation is 1. The van der Waals surface area contributed by atoms with Crippen LogP contribution < -0.4 is 10.1 Å². The van der Waals surface area contributed by atoms with E-state index in [2.05, 4.69) is 15.3 Å². The lowest BCUT2D eigenvalue weighted by Crippen LogP contribution is -2.47. The molecule has 1 aliphatic heterocycles. The van der Waals surface area contributed by atoms with Crippen molar-refractivity contribution in [3.05, 3.63) is 11.9 Å². The van der Waals surface area contributed by atoms with Gasteiger partial charge in [-0.1, -0.05) is 0 Å². The zero-order valence-electron chi connectivity index (χ0n) is 11.0. The van der Waals surface area contributed by atoms with Gasteiger partial charge in [-0.05, 0) is 13.8 Å². The number of anilines is 1. The number of carboxylic acid groups (broad SMARTS) is 1. The van der Waals surface area contributed by atoms with E-state index >= 15 is 0 Å². The molecule has 1 saturated heterocycles. The third-order valence-electron chi connectivity index (χ3n) is 2.91. The van der Waals surface area contributed by atoms with Crippen LogP contribution in [0.1, 0.15) is 19.2 Å². The van der Waals surface area contributed by atoms with E-state index in [-0.39, 0.29) is 6.61 Å². The van der Waals surface area contributed by atoms with E-state index in [0.29, 0.717) is 37.2 Å². The van der Waals surface area contributed by atoms with E-state index in [0.717, 1.165) is 0 Å². The molecule has 7 heteroatoms. The van der Waals surface area contributed by atoms with Crippen molar-refractivity contribution in [3.63, 3.8) is 0 Å². The summed E-state index contributed by atoms with van der Waals surface area (Å²) in [6.07, 6.45) is 0.398. The Bertz CT molecular complexity index is 472. The summed E-state index contributed by atoms with van der Waals surface area (Å²) in [6.45, 7) is 4.61. The fraction of sp³-hybridized carbons (Fsp3) is 0.583. The molecule has 104 valence electrons. The standard InChI is InChI=1S/C12H17N3O4/c1-3-19-10-6-9(13-8(2)14-10)15-12(11(16)17)4-5-18-7-12/h6H,3-5,7H2,1-2H3,(H,16,17)(H,13,14,15). The summed E-state index contributed by atoms with van der Waals surface area (Å²) >= 11 is 0. The first-order chi connectivity index (χ1) is 9.05. The zero-order valence-corrected chi connectivity index (χ0v) is 11.0. The summed E-state index contributed by atoms with van der Waals surface area (Å²) in [6, 6.07) is 1.60. The monoisotopic (exact) mass is 267 g/mol. The molecule has 1 aromatic rings. The van der Waals surface area contributed by atoms with Gasteiger partial charge in [0.2, 0.25) is 5.88 Å². The topological polar surface area (TPSA) is 93.6 Å². The SMILES string of the molecule is CCOc1cc(NC2(C(=O)O)CCOC2)nc(C)n1. The van der Waals surface area contributed by atoms with E-state index in [1.807, 2.05) is 6.92 Å². The Balaban J connectivity index is 2.24. The molecule has 7 nitrogen and oxygen atoms in total. The van der Waals surface area contributed by atoms with Gasteiger partial charge in [0.15, 0.2) is 5.54 Å². The second-order valence-electron chi connectivity index (χ2n) is 4.39. The Morgan fingerprint density at radius 2 is 2.42 bits per heavy atom. The predicted octanol–water partition coefficient (Wildman–Crippen LogP) is 0.839. The van der Waals surface area contributed by atoms with Gasteiger partial charge in [-0.15, -0.1) is 0 Å². The van der Waals surface area contributed by atoms with Gasteiger partial charge in [0.1, 0.15) is 11.6 Å². The Morgan fingerprint density at radius 1 is 1.63 bits per heavy atom. The molecule has 0 aliphatic carbocycles. The van der Waals surface area contributed by atoms with Gasteiger partial charge in [0.05, 0.1) is 13.2 Å². The lowest BCUT2D eigenvalue weighted by Gasteiger charge is -2.24. The molecule has 19 heavy (non-hydrogen) atoms. The van der Waals surface area contributed by atoms with Crippen LogP contribution in [0, 0.1) is 6.92 Å². The van der Waals surface area contributed by atoms with Crippen LogP contribution in [0.4, 0.5) is 5.82 Å². The Kier molecular flexibility index (Phi) is 3.84. The molecular formula is C12H17N3O4. The fourth-order valence-corrected chi connectivity index (χ4v) is 1.96. The van der Waals surface area contributed by atoms with Gasteiger partial charge in [-0.3, -0.25) is 0 Å². The Morgan fingerprint density at radius 3 is 3.00 bits per heavy atom. The molecule has 0 radical (unpaired) electrons. The van der Waals surface area contributed by atoms with Crippen molar-refractivity contribution in [1.82, 2.24) is 9.97 Å². The summed E-state index contributed by atoms with van der Waals surface area (Å²) in [5.74, 6) is 0.438. The van der Waals surface area contributed by atoms with Crippen LogP contribution in [0.3, 0.4) is 0 Å². The first-order valence-corrected chi connectivity index (χ1v) is 6.13. The van der Waals surface area contributed by atoms with E-state index in [1.165, 1.54) is 0 Å². The number of nitrogens with one attached hydrogen (secondary N) is 1. The molecule has 2 rings (SSSR count). The van der Waals surface area contributed by atoms with Crippen LogP contribution in [0.2, 0.25) is 0 Å². The van der Waals surface area contributed by atoms with Crippen molar-refractivity contribution in [2.75, 3.05) is 25.1 Å². The van der Waals surface area contributed by atoms with Gasteiger partial charge >= 0.3 is 5.97 Å². The van der Waals surface area contributed by atoms with E-state index in [1.54, 1.807) is 13.0 Å². The number of nitrogens with zero attached hydrogens (tertiary/aromatic N) is 2. The number of carboxylic acids is 1. The lowest BCUT2D eigenvalue weighted by molar-refractivity contribution is -0.142. The smallest absolute Gasteiger partial charge is 0.331 e. The Hall–Kier alpha value is -1.89. The van der Waals surface area contributed by atoms with Crippen LogP contribution in [0.5, 0.6) is 5.88 Å². The maximum absolute atomic E-state index is 11.4. The molecule has 0 aromatic carbocycles. The van der Waals surface area contributed by atoms with Crippen LogP contribution in [0.15, 0.2) is 6.07 Å². The number of hydrogen-bond donors (Lipinski definition) is 2. The van der Waals surface area contributed by atoms with Crippen molar-refractivity contribution in [3.8, 4) is 5.88 Å². The van der Waals surface area contributed by atoms with Crippen LogP contribution in [-0.4, -0.2) is 46.4 Å². The largest absolute Gasteiger partial charge is 0.479 e. The fourth-order valence-electron chi connectivity index (χ4n) is 1.96. The maximum Gasteiger partial charge on any atom is 0.331 e. The van der Waals surface area contributed by atoms with E-state index in [9.17, 15) is 9.90 Å². The quantitative estimate of drug-likeness (QED) is 0.816. The summed E-state index contributed by atoms with van der Waals surface area (Å²) in [5.41, 5.74) is -1.12. The number of aliphatic carboxylic acids is 1. The number of rotatable bonds is 5. The molecule has 0 saturated carbocycles. The van der Waals surface area contributed by atoms with Crippen molar-refractivity contribution in [1.29, 1.82) is 0 Å². The molecule has 2 heterocycles. The third-order valence-corrected chi connectivity index (χ3v) is 2.91. The first-order valence-electron chi connectivity index (χ1n) is 6.13. The minimum atomic E-state index is -1.12. The second-order valence-corrected chi connectivity index (χ2v) is 4.39. The summed E-state index contributed by atoms with van der Waals surface area (Å²) in [5, 5.41) is 12.3. The highest BCUT2D eigenvalue weighted by Crippen LogP contribution is 2.25. The Labute approximate surface area is 111 Å². The number of ether oxygens (including phenoxy) is 2. The average Bonchev–Trinajstić information content (AvgIpc) is 2.78. The zero-order chi connectivity index (χ0) is 13.9. The minimum absolute atomic E-state index is 0.120. The number of aromatic nitrogens is 2. The highest BCUT2D eigenvalue weighted by atomic mass is 16.5. The van der Waals surface area contributed by atoms with Gasteiger partial charge in [-0.2, -0.15) is 4.98 Å². The molecule has 0 amide bonds. The normalized spacial score (nSPS) is 22.2. The van der Waals surface area contributed by atoms with Crippen LogP contribution in [-0.2, 0) is 9.53 Å². The van der Waals surface area contributed by atoms with Gasteiger partial charge < -0.3 is 19.9 Å². The van der Waals surface area contributed by atoms with Crippen molar-refractivity contribution >= 4 is 11.8 Å². The maximum atomic E-state index is 11.4. The highest BCUT2D eigenvalue weighted by Gasteiger charge is 2.43. The van der Waals surface area contributed by atoms with E-state index in [4.69, 9.17) is 9.47 Å². The van der Waals surface area contributed by atoms with Crippen LogP contribution >= 0.6 is 0 Å². The van der Waals surface area contributed by atoms with Gasteiger partial charge in [0.25, 0.3) is 0 Å². The van der Waals surface area contributed by atoms with Crippen molar-refractivity contribution in [2.24, 2.45) is 0 Å². The minimum Gasteiger partial charge on any atom is -0.479 e. The molecule has 0 bridgehead atoms. The van der Waals surface area contributed by atoms with Crippen LogP contribution in [0.25, 0.3) is 0 Å². The molecular weight excluding hydrogens is 250 g/mol. The molecule has 1 aliphatic rings. The number of hydrogen-bond acceptors (Lipinski definition) is 6. The summed E-state index contributed by atoms with van der Waals surface area (Å²) < 4.78 is 10.5. The molecule has 1 atom stereocenters. The van der Waals surface area contributed by atoms with Crippen molar-refractivity contribution < 1.29 is 19.4 Å². The third kappa shape index (κ3) is 2.93. The molecule has 1 unspecified atom stereocenters. The van der Waals surface area contributed by atoms with Gasteiger partial charge in [0, 0.05) is 19.1 Å². The first kappa shape index (κ1) is 13.5. The summed E-state index contributed by atoms with van der Waals surface area (Å²) in [4.78, 5) is 19.7. The highest BCUT2D eigenvalue weighted by molar-refractivity contribution is 5.83. The van der Waals surface area contributed by atoms with E-state index < -0.39 is 11.5 Å². The molecule has 2 N–H and O–H groups in total. The lowest BCUT2D eigenvalue weighted by atomic mass is 9.99. The van der Waals surface area contributed by atoms with Crippen molar-refractivity contribution in [2.45, 2.75) is 25.8 Å². The second kappa shape index (κ2) is 5.40. The molecule has 1 fully saturated rings. The predicted molar refractivity (Wildman–Crippen MR) is 67.4 cm³/mol. The molecule has 0 spiro atoms. The number of carbonyl (C=O) groups is 1. The average molecular weight is 267 g/mol. The molecule has 1 aromatic heterocycles. The summed E-state index contributed by atoms with van der Waals surface area (Å²) in [7, 11) is 0. The van der Waals surface area contributed by atoms with Gasteiger partial charge in [-0.25, -0.2) is 9.78 Å².